The fraction of sp³-hybridized carbons (Fsp3) is 0.462. The monoisotopic (exact) mass is 270 g/mol. The van der Waals surface area contributed by atoms with Crippen molar-refractivity contribution < 1.29 is 17.9 Å². The molecule has 0 aliphatic carbocycles. The summed E-state index contributed by atoms with van der Waals surface area (Å²) in [6.07, 6.45) is -3.74. The van der Waals surface area contributed by atoms with Crippen molar-refractivity contribution in [2.45, 2.75) is 25.1 Å². The molecule has 1 aliphatic rings. The summed E-state index contributed by atoms with van der Waals surface area (Å²) in [6, 6.07) is 5.09. The third kappa shape index (κ3) is 2.99. The maximum atomic E-state index is 12.7. The van der Waals surface area contributed by atoms with Crippen LogP contribution in [0, 0.1) is 11.3 Å². The van der Waals surface area contributed by atoms with Gasteiger partial charge < -0.3 is 10.1 Å². The molecule has 1 fully saturated rings. The van der Waals surface area contributed by atoms with Crippen LogP contribution in [0.3, 0.4) is 0 Å². The van der Waals surface area contributed by atoms with Crippen LogP contribution in [0.25, 0.3) is 0 Å². The van der Waals surface area contributed by atoms with Gasteiger partial charge in [-0.3, -0.25) is 0 Å². The number of benzene rings is 1. The molecule has 1 saturated heterocycles. The van der Waals surface area contributed by atoms with E-state index in [0.29, 0.717) is 18.9 Å². The van der Waals surface area contributed by atoms with E-state index in [9.17, 15) is 13.2 Å². The highest BCUT2D eigenvalue weighted by molar-refractivity contribution is 5.55. The topological polar surface area (TPSA) is 45.0 Å². The summed E-state index contributed by atoms with van der Waals surface area (Å²) in [5, 5.41) is 12.0. The van der Waals surface area contributed by atoms with E-state index < -0.39 is 11.7 Å². The average Bonchev–Trinajstić information content (AvgIpc) is 2.74. The Morgan fingerprint density at radius 2 is 2.16 bits per heavy atom. The van der Waals surface area contributed by atoms with Crippen LogP contribution in [0.4, 0.5) is 18.9 Å². The van der Waals surface area contributed by atoms with Crippen LogP contribution in [0.15, 0.2) is 18.2 Å². The SMILES string of the molecule is CC1(Nc2ccc(C(F)(F)F)c(C#N)c2)CCOC1. The second-order valence-corrected chi connectivity index (χ2v) is 4.86. The molecule has 0 saturated carbocycles. The third-order valence-electron chi connectivity index (χ3n) is 3.11. The molecule has 6 heteroatoms. The van der Waals surface area contributed by atoms with E-state index in [1.54, 1.807) is 6.07 Å². The molecule has 1 heterocycles. The Bertz CT molecular complexity index is 514. The Morgan fingerprint density at radius 1 is 1.42 bits per heavy atom. The Labute approximate surface area is 109 Å². The van der Waals surface area contributed by atoms with Gasteiger partial charge >= 0.3 is 6.18 Å². The average molecular weight is 270 g/mol. The van der Waals surface area contributed by atoms with Crippen molar-refractivity contribution in [1.29, 1.82) is 5.26 Å². The van der Waals surface area contributed by atoms with Crippen molar-refractivity contribution >= 4 is 5.69 Å². The molecule has 0 bridgehead atoms. The number of hydrogen-bond acceptors (Lipinski definition) is 3. The maximum absolute atomic E-state index is 12.7. The summed E-state index contributed by atoms with van der Waals surface area (Å²) in [5.74, 6) is 0. The Morgan fingerprint density at radius 3 is 2.68 bits per heavy atom. The standard InChI is InChI=1S/C13H13F3N2O/c1-12(4-5-19-8-12)18-10-2-3-11(13(14,15)16)9(6-10)7-17/h2-3,6,18H,4-5,8H2,1H3. The largest absolute Gasteiger partial charge is 0.417 e. The zero-order valence-electron chi connectivity index (χ0n) is 10.3. The van der Waals surface area contributed by atoms with Crippen LogP contribution in [0.5, 0.6) is 0 Å². The molecule has 1 N–H and O–H groups in total. The minimum absolute atomic E-state index is 0.299. The summed E-state index contributed by atoms with van der Waals surface area (Å²) in [7, 11) is 0. The minimum atomic E-state index is -4.51. The normalized spacial score (nSPS) is 23.1. The third-order valence-corrected chi connectivity index (χ3v) is 3.11. The van der Waals surface area contributed by atoms with Gasteiger partial charge in [-0.2, -0.15) is 18.4 Å². The number of nitriles is 1. The van der Waals surface area contributed by atoms with E-state index in [0.717, 1.165) is 12.5 Å². The van der Waals surface area contributed by atoms with Gasteiger partial charge in [0.1, 0.15) is 0 Å². The fourth-order valence-electron chi connectivity index (χ4n) is 2.08. The van der Waals surface area contributed by atoms with Crippen molar-refractivity contribution in [2.75, 3.05) is 18.5 Å². The highest BCUT2D eigenvalue weighted by Gasteiger charge is 2.34. The molecular weight excluding hydrogens is 257 g/mol. The first-order valence-corrected chi connectivity index (χ1v) is 5.81. The summed E-state index contributed by atoms with van der Waals surface area (Å²) in [5.41, 5.74) is -1.09. The number of hydrogen-bond donors (Lipinski definition) is 1. The lowest BCUT2D eigenvalue weighted by Gasteiger charge is -2.25. The highest BCUT2D eigenvalue weighted by Crippen LogP contribution is 2.34. The van der Waals surface area contributed by atoms with Gasteiger partial charge in [-0.25, -0.2) is 0 Å². The molecule has 102 valence electrons. The number of nitrogens with zero attached hydrogens (tertiary/aromatic N) is 1. The molecule has 0 amide bonds. The number of rotatable bonds is 2. The first-order chi connectivity index (χ1) is 8.84. The van der Waals surface area contributed by atoms with E-state index in [4.69, 9.17) is 10.00 Å². The van der Waals surface area contributed by atoms with E-state index in [2.05, 4.69) is 5.32 Å². The predicted octanol–water partition coefficient (Wildman–Crippen LogP) is 3.17. The predicted molar refractivity (Wildman–Crippen MR) is 63.6 cm³/mol. The second kappa shape index (κ2) is 4.74. The van der Waals surface area contributed by atoms with Gasteiger partial charge in [-0.15, -0.1) is 0 Å². The first-order valence-electron chi connectivity index (χ1n) is 5.81. The van der Waals surface area contributed by atoms with Crippen LogP contribution in [0.2, 0.25) is 0 Å². The highest BCUT2D eigenvalue weighted by atomic mass is 19.4. The molecule has 1 atom stereocenters. The molecule has 3 nitrogen and oxygen atoms in total. The minimum Gasteiger partial charge on any atom is -0.379 e. The number of ether oxygens (including phenoxy) is 1. The van der Waals surface area contributed by atoms with E-state index >= 15 is 0 Å². The van der Waals surface area contributed by atoms with Gasteiger partial charge in [0.2, 0.25) is 0 Å². The van der Waals surface area contributed by atoms with Crippen molar-refractivity contribution in [1.82, 2.24) is 0 Å². The molecule has 0 radical (unpaired) electrons. The lowest BCUT2D eigenvalue weighted by molar-refractivity contribution is -0.137. The molecular formula is C13H13F3N2O. The molecule has 1 aromatic carbocycles. The zero-order chi connectivity index (χ0) is 14.1. The van der Waals surface area contributed by atoms with Crippen molar-refractivity contribution in [3.05, 3.63) is 29.3 Å². The molecule has 0 aromatic heterocycles. The van der Waals surface area contributed by atoms with E-state index in [1.165, 1.54) is 12.1 Å². The molecule has 19 heavy (non-hydrogen) atoms. The van der Waals surface area contributed by atoms with Gasteiger partial charge in [0.05, 0.1) is 29.3 Å². The van der Waals surface area contributed by atoms with Crippen LogP contribution >= 0.6 is 0 Å². The summed E-state index contributed by atoms with van der Waals surface area (Å²) >= 11 is 0. The smallest absolute Gasteiger partial charge is 0.379 e. The molecule has 2 rings (SSSR count). The van der Waals surface area contributed by atoms with Crippen molar-refractivity contribution in [3.63, 3.8) is 0 Å². The molecule has 1 unspecified atom stereocenters. The second-order valence-electron chi connectivity index (χ2n) is 4.86. The summed E-state index contributed by atoms with van der Waals surface area (Å²) in [4.78, 5) is 0. The van der Waals surface area contributed by atoms with Crippen LogP contribution in [-0.4, -0.2) is 18.8 Å². The lowest BCUT2D eigenvalue weighted by Crippen LogP contribution is -2.34. The maximum Gasteiger partial charge on any atom is 0.417 e. The summed E-state index contributed by atoms with van der Waals surface area (Å²) in [6.45, 7) is 3.05. The van der Waals surface area contributed by atoms with E-state index in [1.807, 2.05) is 6.92 Å². The molecule has 0 spiro atoms. The Balaban J connectivity index is 2.27. The van der Waals surface area contributed by atoms with Crippen molar-refractivity contribution in [2.24, 2.45) is 0 Å². The van der Waals surface area contributed by atoms with Crippen LogP contribution in [-0.2, 0) is 10.9 Å². The Hall–Kier alpha value is -1.74. The first kappa shape index (κ1) is 13.7. The lowest BCUT2D eigenvalue weighted by atomic mass is 10.00. The molecule has 1 aromatic rings. The molecule has 1 aliphatic heterocycles. The van der Waals surface area contributed by atoms with Gasteiger partial charge in [-0.05, 0) is 31.5 Å². The summed E-state index contributed by atoms with van der Waals surface area (Å²) < 4.78 is 43.2. The van der Waals surface area contributed by atoms with Gasteiger partial charge in [0.15, 0.2) is 0 Å². The van der Waals surface area contributed by atoms with Gasteiger partial charge in [0.25, 0.3) is 0 Å². The van der Waals surface area contributed by atoms with Crippen LogP contribution < -0.4 is 5.32 Å². The van der Waals surface area contributed by atoms with Crippen molar-refractivity contribution in [3.8, 4) is 6.07 Å². The number of anilines is 1. The Kier molecular flexibility index (Phi) is 3.42. The van der Waals surface area contributed by atoms with Crippen LogP contribution in [0.1, 0.15) is 24.5 Å². The van der Waals surface area contributed by atoms with Gasteiger partial charge in [-0.1, -0.05) is 0 Å². The number of nitrogens with one attached hydrogen (secondary N) is 1. The zero-order valence-corrected chi connectivity index (χ0v) is 10.3. The fourth-order valence-corrected chi connectivity index (χ4v) is 2.08. The van der Waals surface area contributed by atoms with Gasteiger partial charge in [0, 0.05) is 12.3 Å². The number of halogens is 3. The number of alkyl halides is 3. The van der Waals surface area contributed by atoms with E-state index in [-0.39, 0.29) is 11.1 Å². The quantitative estimate of drug-likeness (QED) is 0.897.